The van der Waals surface area contributed by atoms with Gasteiger partial charge in [0.25, 0.3) is 5.91 Å². The molecule has 0 aliphatic carbocycles. The van der Waals surface area contributed by atoms with Crippen molar-refractivity contribution in [3.8, 4) is 0 Å². The van der Waals surface area contributed by atoms with E-state index in [1.807, 2.05) is 0 Å². The Kier molecular flexibility index (Phi) is 8.04. The predicted octanol–water partition coefficient (Wildman–Crippen LogP) is 1.90. The highest BCUT2D eigenvalue weighted by molar-refractivity contribution is 6.33. The number of hydrogen-bond donors (Lipinski definition) is 1. The molecule has 1 aromatic heterocycles. The zero-order valence-electron chi connectivity index (χ0n) is 12.7. The second-order valence-corrected chi connectivity index (χ2v) is 4.84. The van der Waals surface area contributed by atoms with Crippen molar-refractivity contribution in [1.82, 2.24) is 9.88 Å². The third kappa shape index (κ3) is 5.49. The Morgan fingerprint density at radius 1 is 1.33 bits per heavy atom. The molecule has 0 spiro atoms. The standard InChI is InChI=1S/C14H22ClN3O3/c1-16-13-9-11(12(15)10-17-13)14(19)18(6-8-21-3)5-4-7-20-2/h9-10H,4-8H2,1-3H3,(H,16,17). The lowest BCUT2D eigenvalue weighted by atomic mass is 10.2. The van der Waals surface area contributed by atoms with E-state index >= 15 is 0 Å². The maximum absolute atomic E-state index is 12.6. The SMILES string of the molecule is CNc1cc(C(=O)N(CCCOC)CCOC)c(Cl)cn1. The van der Waals surface area contributed by atoms with Crippen LogP contribution in [-0.4, -0.2) is 63.4 Å². The summed E-state index contributed by atoms with van der Waals surface area (Å²) in [7, 11) is 4.99. The Balaban J connectivity index is 2.87. The number of hydrogen-bond acceptors (Lipinski definition) is 5. The molecule has 0 aromatic carbocycles. The van der Waals surface area contributed by atoms with Crippen LogP contribution in [0.1, 0.15) is 16.8 Å². The van der Waals surface area contributed by atoms with Crippen molar-refractivity contribution in [3.05, 3.63) is 22.8 Å². The average molecular weight is 316 g/mol. The number of methoxy groups -OCH3 is 2. The van der Waals surface area contributed by atoms with Crippen LogP contribution in [0.25, 0.3) is 0 Å². The summed E-state index contributed by atoms with van der Waals surface area (Å²) in [6.45, 7) is 2.17. The number of pyridine rings is 1. The smallest absolute Gasteiger partial charge is 0.255 e. The van der Waals surface area contributed by atoms with Crippen LogP contribution < -0.4 is 5.32 Å². The molecule has 118 valence electrons. The Hall–Kier alpha value is -1.37. The topological polar surface area (TPSA) is 63.7 Å². The van der Waals surface area contributed by atoms with E-state index in [0.717, 1.165) is 6.42 Å². The molecular weight excluding hydrogens is 294 g/mol. The van der Waals surface area contributed by atoms with Crippen molar-refractivity contribution in [2.24, 2.45) is 0 Å². The zero-order valence-corrected chi connectivity index (χ0v) is 13.4. The normalized spacial score (nSPS) is 10.5. The number of anilines is 1. The highest BCUT2D eigenvalue weighted by Gasteiger charge is 2.19. The number of aromatic nitrogens is 1. The Labute approximate surface area is 130 Å². The molecule has 0 aliphatic heterocycles. The fraction of sp³-hybridized carbons (Fsp3) is 0.571. The summed E-state index contributed by atoms with van der Waals surface area (Å²) < 4.78 is 10.1. The van der Waals surface area contributed by atoms with Crippen LogP contribution in [-0.2, 0) is 9.47 Å². The van der Waals surface area contributed by atoms with E-state index in [-0.39, 0.29) is 5.91 Å². The van der Waals surface area contributed by atoms with Gasteiger partial charge in [-0.05, 0) is 12.5 Å². The number of rotatable bonds is 9. The molecule has 1 rings (SSSR count). The number of nitrogens with one attached hydrogen (secondary N) is 1. The lowest BCUT2D eigenvalue weighted by molar-refractivity contribution is 0.0674. The van der Waals surface area contributed by atoms with Gasteiger partial charge in [-0.2, -0.15) is 0 Å². The van der Waals surface area contributed by atoms with Crippen LogP contribution in [0.2, 0.25) is 5.02 Å². The van der Waals surface area contributed by atoms with Crippen molar-refractivity contribution in [2.45, 2.75) is 6.42 Å². The number of amides is 1. The number of ether oxygens (including phenoxy) is 2. The first kappa shape index (κ1) is 17.7. The molecule has 0 radical (unpaired) electrons. The lowest BCUT2D eigenvalue weighted by Crippen LogP contribution is -2.35. The summed E-state index contributed by atoms with van der Waals surface area (Å²) in [4.78, 5) is 18.4. The first-order chi connectivity index (χ1) is 10.1. The first-order valence-electron chi connectivity index (χ1n) is 6.74. The van der Waals surface area contributed by atoms with E-state index in [4.69, 9.17) is 21.1 Å². The predicted molar refractivity (Wildman–Crippen MR) is 83.1 cm³/mol. The molecule has 0 atom stereocenters. The van der Waals surface area contributed by atoms with Gasteiger partial charge >= 0.3 is 0 Å². The van der Waals surface area contributed by atoms with Gasteiger partial charge in [0.1, 0.15) is 5.82 Å². The molecule has 1 N–H and O–H groups in total. The van der Waals surface area contributed by atoms with Crippen molar-refractivity contribution in [3.63, 3.8) is 0 Å². The monoisotopic (exact) mass is 315 g/mol. The second kappa shape index (κ2) is 9.55. The minimum absolute atomic E-state index is 0.132. The molecule has 0 saturated carbocycles. The third-order valence-corrected chi connectivity index (χ3v) is 3.27. The van der Waals surface area contributed by atoms with Crippen LogP contribution >= 0.6 is 11.6 Å². The van der Waals surface area contributed by atoms with Gasteiger partial charge in [-0.15, -0.1) is 0 Å². The van der Waals surface area contributed by atoms with Gasteiger partial charge < -0.3 is 19.7 Å². The summed E-state index contributed by atoms with van der Waals surface area (Å²) in [5, 5.41) is 3.24. The molecule has 0 unspecified atom stereocenters. The van der Waals surface area contributed by atoms with Gasteiger partial charge in [0, 0.05) is 47.2 Å². The van der Waals surface area contributed by atoms with Crippen LogP contribution in [0.5, 0.6) is 0 Å². The Morgan fingerprint density at radius 3 is 2.67 bits per heavy atom. The molecule has 7 heteroatoms. The van der Waals surface area contributed by atoms with E-state index in [9.17, 15) is 4.79 Å². The van der Waals surface area contributed by atoms with Crippen molar-refractivity contribution >= 4 is 23.3 Å². The van der Waals surface area contributed by atoms with E-state index in [0.29, 0.717) is 42.7 Å². The first-order valence-corrected chi connectivity index (χ1v) is 7.12. The fourth-order valence-electron chi connectivity index (χ4n) is 1.83. The van der Waals surface area contributed by atoms with E-state index in [2.05, 4.69) is 10.3 Å². The van der Waals surface area contributed by atoms with Gasteiger partial charge in [-0.3, -0.25) is 4.79 Å². The summed E-state index contributed by atoms with van der Waals surface area (Å²) in [5.41, 5.74) is 0.435. The number of carbonyl (C=O) groups excluding carboxylic acids is 1. The van der Waals surface area contributed by atoms with Gasteiger partial charge in [0.15, 0.2) is 0 Å². The fourth-order valence-corrected chi connectivity index (χ4v) is 2.01. The number of halogens is 1. The molecule has 21 heavy (non-hydrogen) atoms. The molecule has 0 saturated heterocycles. The molecule has 1 heterocycles. The highest BCUT2D eigenvalue weighted by atomic mass is 35.5. The van der Waals surface area contributed by atoms with Crippen LogP contribution in [0, 0.1) is 0 Å². The van der Waals surface area contributed by atoms with Crippen LogP contribution in [0.15, 0.2) is 12.3 Å². The molecule has 0 bridgehead atoms. The molecular formula is C14H22ClN3O3. The molecule has 6 nitrogen and oxygen atoms in total. The maximum Gasteiger partial charge on any atom is 0.255 e. The van der Waals surface area contributed by atoms with Crippen molar-refractivity contribution < 1.29 is 14.3 Å². The molecule has 1 aromatic rings. The van der Waals surface area contributed by atoms with Gasteiger partial charge in [0.05, 0.1) is 17.2 Å². The summed E-state index contributed by atoms with van der Waals surface area (Å²) in [6, 6.07) is 1.65. The van der Waals surface area contributed by atoms with Gasteiger partial charge in [0.2, 0.25) is 0 Å². The highest BCUT2D eigenvalue weighted by Crippen LogP contribution is 2.20. The number of carbonyl (C=O) groups is 1. The molecule has 0 aliphatic rings. The minimum atomic E-state index is -0.132. The summed E-state index contributed by atoms with van der Waals surface area (Å²) in [5.74, 6) is 0.471. The largest absolute Gasteiger partial charge is 0.385 e. The maximum atomic E-state index is 12.6. The van der Waals surface area contributed by atoms with E-state index in [1.165, 1.54) is 6.20 Å². The third-order valence-electron chi connectivity index (χ3n) is 2.97. The summed E-state index contributed by atoms with van der Waals surface area (Å²) >= 11 is 6.09. The Bertz CT molecular complexity index is 457. The van der Waals surface area contributed by atoms with E-state index < -0.39 is 0 Å². The van der Waals surface area contributed by atoms with Crippen molar-refractivity contribution in [1.29, 1.82) is 0 Å². The number of nitrogens with zero attached hydrogens (tertiary/aromatic N) is 2. The minimum Gasteiger partial charge on any atom is -0.385 e. The average Bonchev–Trinajstić information content (AvgIpc) is 2.50. The van der Waals surface area contributed by atoms with Crippen LogP contribution in [0.3, 0.4) is 0 Å². The van der Waals surface area contributed by atoms with E-state index in [1.54, 1.807) is 32.2 Å². The van der Waals surface area contributed by atoms with Crippen molar-refractivity contribution in [2.75, 3.05) is 52.9 Å². The van der Waals surface area contributed by atoms with Gasteiger partial charge in [-0.25, -0.2) is 4.98 Å². The second-order valence-electron chi connectivity index (χ2n) is 4.43. The quantitative estimate of drug-likeness (QED) is 0.705. The summed E-state index contributed by atoms with van der Waals surface area (Å²) in [6.07, 6.45) is 2.23. The van der Waals surface area contributed by atoms with Crippen LogP contribution in [0.4, 0.5) is 5.82 Å². The molecule has 1 amide bonds. The lowest BCUT2D eigenvalue weighted by Gasteiger charge is -2.23. The Morgan fingerprint density at radius 2 is 2.05 bits per heavy atom. The van der Waals surface area contributed by atoms with Gasteiger partial charge in [-0.1, -0.05) is 11.6 Å². The zero-order chi connectivity index (χ0) is 15.7. The molecule has 0 fully saturated rings.